The van der Waals surface area contributed by atoms with E-state index in [9.17, 15) is 0 Å². The first kappa shape index (κ1) is 28.8. The zero-order valence-electron chi connectivity index (χ0n) is 23.8. The Bertz CT molecular complexity index is 985. The Morgan fingerprint density at radius 2 is 1.73 bits per heavy atom. The molecule has 0 saturated carbocycles. The van der Waals surface area contributed by atoms with E-state index in [4.69, 9.17) is 4.74 Å². The quantitative estimate of drug-likeness (QED) is 0.345. The average Bonchev–Trinajstić information content (AvgIpc) is 3.49. The minimum atomic E-state index is 0.643. The molecule has 0 spiro atoms. The zero-order chi connectivity index (χ0) is 26.5. The Hall–Kier alpha value is -2.72. The number of benzene rings is 2. The molecule has 1 N–H and O–H groups in total. The summed E-state index contributed by atoms with van der Waals surface area (Å²) in [4.78, 5) is 4.98. The molecule has 37 heavy (non-hydrogen) atoms. The second-order valence-electron chi connectivity index (χ2n) is 9.92. The molecule has 4 rings (SSSR count). The van der Waals surface area contributed by atoms with Crippen LogP contribution in [0.25, 0.3) is 5.70 Å². The largest absolute Gasteiger partial charge is 0.493 e. The van der Waals surface area contributed by atoms with Gasteiger partial charge in [0.1, 0.15) is 5.75 Å². The van der Waals surface area contributed by atoms with Gasteiger partial charge in [0.2, 0.25) is 0 Å². The number of likely N-dealkylation sites (tertiary alicyclic amines) is 2. The molecular formula is C33H49N3O. The first-order chi connectivity index (χ1) is 18.2. The number of allylic oxidation sites excluding steroid dienone is 1. The Kier molecular flexibility index (Phi) is 12.1. The second-order valence-corrected chi connectivity index (χ2v) is 9.92. The Morgan fingerprint density at radius 1 is 1.00 bits per heavy atom. The van der Waals surface area contributed by atoms with Crippen LogP contribution in [-0.4, -0.2) is 49.6 Å². The summed E-state index contributed by atoms with van der Waals surface area (Å²) in [6, 6.07) is 17.8. The van der Waals surface area contributed by atoms with Gasteiger partial charge >= 0.3 is 0 Å². The van der Waals surface area contributed by atoms with Crippen molar-refractivity contribution < 1.29 is 4.74 Å². The fraction of sp³-hybridized carbons (Fsp3) is 0.515. The SMILES string of the molecule is C=C(CCOc1cccc(/C(=C\CC)N2CCC(c3cccc(CNC)c3)CC2)c1)N1CCCC1.CC. The fourth-order valence-corrected chi connectivity index (χ4v) is 5.46. The first-order valence-electron chi connectivity index (χ1n) is 14.5. The van der Waals surface area contributed by atoms with E-state index in [-0.39, 0.29) is 0 Å². The van der Waals surface area contributed by atoms with Crippen LogP contribution in [0.2, 0.25) is 0 Å². The van der Waals surface area contributed by atoms with Crippen molar-refractivity contribution >= 4 is 5.70 Å². The standard InChI is InChI=1S/C31H43N3O.C2H6/c1-4-9-31(34-19-14-27(15-20-34)28-11-7-10-26(22-28)24-32-3)29-12-8-13-30(23-29)35-21-16-25(2)33-17-5-6-18-33;1-2/h7-13,22-23,27,32H,2,4-6,14-21,24H2,1,3H3;1-2H3/b31-9+;. The van der Waals surface area contributed by atoms with Gasteiger partial charge in [-0.15, -0.1) is 0 Å². The molecule has 2 aromatic rings. The van der Waals surface area contributed by atoms with E-state index >= 15 is 0 Å². The van der Waals surface area contributed by atoms with Gasteiger partial charge in [-0.2, -0.15) is 0 Å². The van der Waals surface area contributed by atoms with Crippen molar-refractivity contribution in [2.24, 2.45) is 0 Å². The lowest BCUT2D eigenvalue weighted by atomic mass is 9.88. The normalized spacial score (nSPS) is 16.4. The summed E-state index contributed by atoms with van der Waals surface area (Å²) >= 11 is 0. The third kappa shape index (κ3) is 8.39. The molecule has 0 radical (unpaired) electrons. The molecule has 2 aliphatic rings. The predicted molar refractivity (Wildman–Crippen MR) is 159 cm³/mol. The highest BCUT2D eigenvalue weighted by Crippen LogP contribution is 2.33. The highest BCUT2D eigenvalue weighted by Gasteiger charge is 2.23. The van der Waals surface area contributed by atoms with Gasteiger partial charge in [0.25, 0.3) is 0 Å². The summed E-state index contributed by atoms with van der Waals surface area (Å²) in [5.74, 6) is 1.60. The Balaban J connectivity index is 0.00000186. The van der Waals surface area contributed by atoms with Crippen LogP contribution in [-0.2, 0) is 6.54 Å². The summed E-state index contributed by atoms with van der Waals surface area (Å²) < 4.78 is 6.16. The summed E-state index contributed by atoms with van der Waals surface area (Å²) in [7, 11) is 2.01. The minimum absolute atomic E-state index is 0.643. The van der Waals surface area contributed by atoms with Crippen molar-refractivity contribution in [2.45, 2.75) is 71.8 Å². The molecule has 2 aromatic carbocycles. The van der Waals surface area contributed by atoms with Crippen LogP contribution in [0.3, 0.4) is 0 Å². The van der Waals surface area contributed by atoms with Crippen molar-refractivity contribution in [3.05, 3.63) is 83.6 Å². The molecule has 202 valence electrons. The van der Waals surface area contributed by atoms with Gasteiger partial charge in [-0.05, 0) is 68.3 Å². The molecule has 2 aliphatic heterocycles. The van der Waals surface area contributed by atoms with Gasteiger partial charge in [0, 0.05) is 56.1 Å². The fourth-order valence-electron chi connectivity index (χ4n) is 5.46. The van der Waals surface area contributed by atoms with Crippen molar-refractivity contribution in [1.82, 2.24) is 15.1 Å². The zero-order valence-corrected chi connectivity index (χ0v) is 23.8. The number of hydrogen-bond donors (Lipinski definition) is 1. The number of piperidine rings is 1. The van der Waals surface area contributed by atoms with E-state index in [1.807, 2.05) is 20.9 Å². The maximum atomic E-state index is 6.16. The third-order valence-corrected chi connectivity index (χ3v) is 7.38. The number of nitrogens with zero attached hydrogens (tertiary/aromatic N) is 2. The summed E-state index contributed by atoms with van der Waals surface area (Å²) in [6.07, 6.45) is 9.26. The van der Waals surface area contributed by atoms with E-state index in [0.717, 1.165) is 51.3 Å². The maximum absolute atomic E-state index is 6.16. The van der Waals surface area contributed by atoms with Crippen molar-refractivity contribution in [3.63, 3.8) is 0 Å². The molecule has 4 nitrogen and oxygen atoms in total. The van der Waals surface area contributed by atoms with Gasteiger partial charge in [-0.25, -0.2) is 0 Å². The molecule has 2 saturated heterocycles. The van der Waals surface area contributed by atoms with Gasteiger partial charge < -0.3 is 19.9 Å². The van der Waals surface area contributed by atoms with Crippen LogP contribution in [0, 0.1) is 0 Å². The summed E-state index contributed by atoms with van der Waals surface area (Å²) in [6.45, 7) is 16.6. The Morgan fingerprint density at radius 3 is 2.43 bits per heavy atom. The molecule has 0 aliphatic carbocycles. The minimum Gasteiger partial charge on any atom is -0.493 e. The molecule has 0 amide bonds. The van der Waals surface area contributed by atoms with E-state index < -0.39 is 0 Å². The van der Waals surface area contributed by atoms with Crippen LogP contribution in [0.15, 0.2) is 66.9 Å². The number of rotatable bonds is 11. The maximum Gasteiger partial charge on any atom is 0.119 e. The summed E-state index contributed by atoms with van der Waals surface area (Å²) in [5.41, 5.74) is 6.69. The summed E-state index contributed by atoms with van der Waals surface area (Å²) in [5, 5.41) is 3.27. The van der Waals surface area contributed by atoms with E-state index in [1.54, 1.807) is 0 Å². The molecule has 0 atom stereocenters. The number of nitrogens with one attached hydrogen (secondary N) is 1. The lowest BCUT2D eigenvalue weighted by molar-refractivity contribution is 0.295. The first-order valence-corrected chi connectivity index (χ1v) is 14.5. The van der Waals surface area contributed by atoms with Crippen molar-refractivity contribution in [2.75, 3.05) is 39.8 Å². The van der Waals surface area contributed by atoms with Gasteiger partial charge in [0.15, 0.2) is 0 Å². The van der Waals surface area contributed by atoms with Gasteiger partial charge in [-0.1, -0.05) is 69.8 Å². The molecule has 2 heterocycles. The molecular weight excluding hydrogens is 454 g/mol. The van der Waals surface area contributed by atoms with Crippen LogP contribution in [0.4, 0.5) is 0 Å². The lowest BCUT2D eigenvalue weighted by Crippen LogP contribution is -2.31. The van der Waals surface area contributed by atoms with Crippen LogP contribution < -0.4 is 10.1 Å². The molecule has 4 heteroatoms. The highest BCUT2D eigenvalue weighted by atomic mass is 16.5. The lowest BCUT2D eigenvalue weighted by Gasteiger charge is -2.36. The van der Waals surface area contributed by atoms with Crippen LogP contribution in [0.1, 0.15) is 81.9 Å². The smallest absolute Gasteiger partial charge is 0.119 e. The molecule has 0 bridgehead atoms. The van der Waals surface area contributed by atoms with Crippen molar-refractivity contribution in [1.29, 1.82) is 0 Å². The van der Waals surface area contributed by atoms with Gasteiger partial charge in [0.05, 0.1) is 6.61 Å². The van der Waals surface area contributed by atoms with Gasteiger partial charge in [-0.3, -0.25) is 0 Å². The average molecular weight is 504 g/mol. The monoisotopic (exact) mass is 503 g/mol. The molecule has 2 fully saturated rings. The highest BCUT2D eigenvalue weighted by molar-refractivity contribution is 5.65. The Labute approximate surface area is 226 Å². The van der Waals surface area contributed by atoms with Crippen LogP contribution >= 0.6 is 0 Å². The number of ether oxygens (including phenoxy) is 1. The predicted octanol–water partition coefficient (Wildman–Crippen LogP) is 7.44. The topological polar surface area (TPSA) is 27.7 Å². The third-order valence-electron chi connectivity index (χ3n) is 7.38. The van der Waals surface area contributed by atoms with E-state index in [1.165, 1.54) is 53.8 Å². The van der Waals surface area contributed by atoms with E-state index in [0.29, 0.717) is 12.5 Å². The van der Waals surface area contributed by atoms with E-state index in [2.05, 4.69) is 83.2 Å². The van der Waals surface area contributed by atoms with Crippen LogP contribution in [0.5, 0.6) is 5.75 Å². The second kappa shape index (κ2) is 15.5. The molecule has 0 aromatic heterocycles. The number of hydrogen-bond acceptors (Lipinski definition) is 4. The molecule has 0 unspecified atom stereocenters. The van der Waals surface area contributed by atoms with Crippen molar-refractivity contribution in [3.8, 4) is 5.75 Å².